The molecular formula is C13H23NO4. The van der Waals surface area contributed by atoms with Crippen LogP contribution in [0.4, 0.5) is 0 Å². The van der Waals surface area contributed by atoms with Crippen molar-refractivity contribution in [3.63, 3.8) is 0 Å². The molecule has 0 aliphatic carbocycles. The first-order chi connectivity index (χ1) is 8.50. The predicted octanol–water partition coefficient (Wildman–Crippen LogP) is 1.26. The summed E-state index contributed by atoms with van der Waals surface area (Å²) in [5.41, 5.74) is 0. The Morgan fingerprint density at radius 3 is 2.61 bits per heavy atom. The van der Waals surface area contributed by atoms with E-state index in [-0.39, 0.29) is 30.5 Å². The van der Waals surface area contributed by atoms with Gasteiger partial charge in [-0.3, -0.25) is 4.79 Å². The van der Waals surface area contributed by atoms with Gasteiger partial charge in [0.05, 0.1) is 6.10 Å². The lowest BCUT2D eigenvalue weighted by atomic mass is 10.0. The van der Waals surface area contributed by atoms with Crippen LogP contribution < -0.4 is 5.32 Å². The van der Waals surface area contributed by atoms with Crippen molar-refractivity contribution in [1.29, 1.82) is 0 Å². The largest absolute Gasteiger partial charge is 0.461 e. The van der Waals surface area contributed by atoms with Crippen molar-refractivity contribution in [3.8, 4) is 0 Å². The molecule has 0 saturated carbocycles. The lowest BCUT2D eigenvalue weighted by Crippen LogP contribution is -2.45. The summed E-state index contributed by atoms with van der Waals surface area (Å²) in [6.07, 6.45) is 3.12. The molecule has 1 aliphatic rings. The molecule has 2 unspecified atom stereocenters. The second kappa shape index (κ2) is 7.36. The number of carbonyl (C=O) groups excluding carboxylic acids is 2. The quantitative estimate of drug-likeness (QED) is 0.753. The summed E-state index contributed by atoms with van der Waals surface area (Å²) >= 11 is 0. The lowest BCUT2D eigenvalue weighted by Gasteiger charge is -2.24. The zero-order valence-corrected chi connectivity index (χ0v) is 11.4. The number of carbonyl (C=O) groups is 2. The number of hydrogen-bond acceptors (Lipinski definition) is 4. The smallest absolute Gasteiger partial charge is 0.328 e. The summed E-state index contributed by atoms with van der Waals surface area (Å²) in [4.78, 5) is 22.9. The normalized spacial score (nSPS) is 21.4. The van der Waals surface area contributed by atoms with Crippen molar-refractivity contribution in [2.45, 2.75) is 52.2 Å². The van der Waals surface area contributed by atoms with Crippen LogP contribution in [0.5, 0.6) is 0 Å². The fraction of sp³-hybridized carbons (Fsp3) is 0.846. The molecule has 1 heterocycles. The summed E-state index contributed by atoms with van der Waals surface area (Å²) in [5.74, 6) is -0.595. The minimum absolute atomic E-state index is 0.00726. The van der Waals surface area contributed by atoms with Crippen LogP contribution in [0.15, 0.2) is 0 Å². The van der Waals surface area contributed by atoms with E-state index in [0.29, 0.717) is 0 Å². The topological polar surface area (TPSA) is 64.6 Å². The summed E-state index contributed by atoms with van der Waals surface area (Å²) in [5, 5.41) is 2.61. The SMILES string of the molecule is CC(=O)NC(C(=O)OCC1CCCCO1)C(C)C. The van der Waals surface area contributed by atoms with Crippen molar-refractivity contribution in [2.24, 2.45) is 5.92 Å². The van der Waals surface area contributed by atoms with E-state index in [1.54, 1.807) is 0 Å². The maximum atomic E-state index is 11.9. The highest BCUT2D eigenvalue weighted by molar-refractivity contribution is 5.83. The Hall–Kier alpha value is -1.10. The molecule has 0 spiro atoms. The Kier molecular flexibility index (Phi) is 6.12. The van der Waals surface area contributed by atoms with Crippen LogP contribution in [-0.2, 0) is 19.1 Å². The first-order valence-electron chi connectivity index (χ1n) is 6.56. The van der Waals surface area contributed by atoms with Crippen LogP contribution in [0, 0.1) is 5.92 Å². The summed E-state index contributed by atoms with van der Waals surface area (Å²) in [6.45, 7) is 6.16. The van der Waals surface area contributed by atoms with Gasteiger partial charge >= 0.3 is 5.97 Å². The molecule has 0 aromatic carbocycles. The third-order valence-corrected chi connectivity index (χ3v) is 2.96. The van der Waals surface area contributed by atoms with E-state index in [4.69, 9.17) is 9.47 Å². The summed E-state index contributed by atoms with van der Waals surface area (Å²) in [7, 11) is 0. The summed E-state index contributed by atoms with van der Waals surface area (Å²) < 4.78 is 10.7. The molecule has 2 atom stereocenters. The first kappa shape index (κ1) is 15.0. The highest BCUT2D eigenvalue weighted by Gasteiger charge is 2.25. The van der Waals surface area contributed by atoms with Gasteiger partial charge in [-0.2, -0.15) is 0 Å². The molecule has 18 heavy (non-hydrogen) atoms. The minimum Gasteiger partial charge on any atom is -0.461 e. The molecule has 0 aromatic rings. The molecule has 104 valence electrons. The molecule has 5 nitrogen and oxygen atoms in total. The highest BCUT2D eigenvalue weighted by atomic mass is 16.6. The van der Waals surface area contributed by atoms with Gasteiger partial charge in [-0.05, 0) is 25.2 Å². The standard InChI is InChI=1S/C13H23NO4/c1-9(2)12(14-10(3)15)13(16)18-8-11-6-4-5-7-17-11/h9,11-12H,4-8H2,1-3H3,(H,14,15). The molecular weight excluding hydrogens is 234 g/mol. The number of hydrogen-bond donors (Lipinski definition) is 1. The molecule has 1 fully saturated rings. The fourth-order valence-electron chi connectivity index (χ4n) is 1.92. The second-order valence-electron chi connectivity index (χ2n) is 5.04. The zero-order valence-electron chi connectivity index (χ0n) is 11.4. The highest BCUT2D eigenvalue weighted by Crippen LogP contribution is 2.13. The third kappa shape index (κ3) is 5.04. The van der Waals surface area contributed by atoms with Gasteiger partial charge in [-0.25, -0.2) is 4.79 Å². The van der Waals surface area contributed by atoms with Gasteiger partial charge in [0.2, 0.25) is 5.91 Å². The van der Waals surface area contributed by atoms with Crippen LogP contribution >= 0.6 is 0 Å². The molecule has 1 amide bonds. The Morgan fingerprint density at radius 2 is 2.11 bits per heavy atom. The number of nitrogens with one attached hydrogen (secondary N) is 1. The number of ether oxygens (including phenoxy) is 2. The van der Waals surface area contributed by atoms with Crippen LogP contribution in [-0.4, -0.2) is 37.2 Å². The van der Waals surface area contributed by atoms with Gasteiger partial charge in [0.25, 0.3) is 0 Å². The van der Waals surface area contributed by atoms with Gasteiger partial charge in [0.15, 0.2) is 0 Å². The molecule has 0 aromatic heterocycles. The fourth-order valence-corrected chi connectivity index (χ4v) is 1.92. The van der Waals surface area contributed by atoms with Crippen LogP contribution in [0.1, 0.15) is 40.0 Å². The Balaban J connectivity index is 2.38. The van der Waals surface area contributed by atoms with Crippen molar-refractivity contribution in [3.05, 3.63) is 0 Å². The van der Waals surface area contributed by atoms with Gasteiger partial charge in [-0.1, -0.05) is 13.8 Å². The summed E-state index contributed by atoms with van der Waals surface area (Å²) in [6, 6.07) is -0.578. The monoisotopic (exact) mass is 257 g/mol. The van der Waals surface area contributed by atoms with Crippen molar-refractivity contribution < 1.29 is 19.1 Å². The van der Waals surface area contributed by atoms with Crippen LogP contribution in [0.25, 0.3) is 0 Å². The van der Waals surface area contributed by atoms with E-state index >= 15 is 0 Å². The van der Waals surface area contributed by atoms with Crippen molar-refractivity contribution >= 4 is 11.9 Å². The maximum absolute atomic E-state index is 11.9. The average molecular weight is 257 g/mol. The van der Waals surface area contributed by atoms with Crippen molar-refractivity contribution in [1.82, 2.24) is 5.32 Å². The molecule has 1 rings (SSSR count). The van der Waals surface area contributed by atoms with E-state index in [9.17, 15) is 9.59 Å². The molecule has 5 heteroatoms. The van der Waals surface area contributed by atoms with Crippen molar-refractivity contribution in [2.75, 3.05) is 13.2 Å². The zero-order chi connectivity index (χ0) is 13.5. The maximum Gasteiger partial charge on any atom is 0.328 e. The number of rotatable bonds is 5. The second-order valence-corrected chi connectivity index (χ2v) is 5.04. The van der Waals surface area contributed by atoms with Crippen LogP contribution in [0.3, 0.4) is 0 Å². The third-order valence-electron chi connectivity index (χ3n) is 2.96. The Bertz CT molecular complexity index is 285. The van der Waals surface area contributed by atoms with E-state index in [1.807, 2.05) is 13.8 Å². The van der Waals surface area contributed by atoms with E-state index in [0.717, 1.165) is 25.9 Å². The molecule has 1 aliphatic heterocycles. The van der Waals surface area contributed by atoms with E-state index < -0.39 is 6.04 Å². The number of amides is 1. The molecule has 0 radical (unpaired) electrons. The van der Waals surface area contributed by atoms with Gasteiger partial charge in [-0.15, -0.1) is 0 Å². The first-order valence-corrected chi connectivity index (χ1v) is 6.56. The number of esters is 1. The van der Waals surface area contributed by atoms with E-state index in [2.05, 4.69) is 5.32 Å². The lowest BCUT2D eigenvalue weighted by molar-refractivity contribution is -0.154. The minimum atomic E-state index is -0.578. The van der Waals surface area contributed by atoms with E-state index in [1.165, 1.54) is 6.92 Å². The molecule has 1 saturated heterocycles. The Morgan fingerprint density at radius 1 is 1.39 bits per heavy atom. The van der Waals surface area contributed by atoms with Gasteiger partial charge in [0, 0.05) is 13.5 Å². The van der Waals surface area contributed by atoms with Gasteiger partial charge in [0.1, 0.15) is 12.6 Å². The average Bonchev–Trinajstić information content (AvgIpc) is 2.34. The molecule has 1 N–H and O–H groups in total. The van der Waals surface area contributed by atoms with Gasteiger partial charge < -0.3 is 14.8 Å². The van der Waals surface area contributed by atoms with Crippen LogP contribution in [0.2, 0.25) is 0 Å². The molecule has 0 bridgehead atoms. The predicted molar refractivity (Wildman–Crippen MR) is 67.0 cm³/mol. The Labute approximate surface area is 108 Å².